The van der Waals surface area contributed by atoms with E-state index in [0.29, 0.717) is 13.0 Å². The minimum atomic E-state index is -3.91. The Morgan fingerprint density at radius 1 is 1.20 bits per heavy atom. The molecule has 3 N–H and O–H groups in total. The Labute approximate surface area is 117 Å². The second-order valence-electron chi connectivity index (χ2n) is 4.50. The molecule has 1 aromatic rings. The summed E-state index contributed by atoms with van der Waals surface area (Å²) in [5.74, 6) is 0. The second kappa shape index (κ2) is 6.82. The zero-order valence-electron chi connectivity index (χ0n) is 11.6. The van der Waals surface area contributed by atoms with Crippen molar-refractivity contribution < 1.29 is 8.42 Å². The summed E-state index contributed by atoms with van der Waals surface area (Å²) in [5.41, 5.74) is 3.94. The predicted molar refractivity (Wildman–Crippen MR) is 75.0 cm³/mol. The first-order chi connectivity index (χ1) is 9.31. The van der Waals surface area contributed by atoms with E-state index in [-0.39, 0.29) is 6.54 Å². The maximum atomic E-state index is 12.0. The zero-order chi connectivity index (χ0) is 15.3. The van der Waals surface area contributed by atoms with Crippen molar-refractivity contribution in [1.82, 2.24) is 13.9 Å². The molecule has 20 heavy (non-hydrogen) atoms. The van der Waals surface area contributed by atoms with E-state index in [2.05, 4.69) is 4.72 Å². The van der Waals surface area contributed by atoms with Gasteiger partial charge in [0.1, 0.15) is 0 Å². The lowest BCUT2D eigenvalue weighted by atomic mass is 10.2. The van der Waals surface area contributed by atoms with E-state index in [1.54, 1.807) is 0 Å². The molecule has 0 amide bonds. The fraction of sp³-hybridized carbons (Fsp3) is 0.636. The Morgan fingerprint density at radius 3 is 2.45 bits per heavy atom. The van der Waals surface area contributed by atoms with Crippen LogP contribution in [0.5, 0.6) is 0 Å². The number of nitrogens with zero attached hydrogens (tertiary/aromatic N) is 2. The Hall–Kier alpha value is -1.45. The number of nitrogens with one attached hydrogen (secondary N) is 1. The van der Waals surface area contributed by atoms with Gasteiger partial charge in [-0.05, 0) is 19.4 Å². The number of hydrogen-bond donors (Lipinski definition) is 2. The smallest absolute Gasteiger partial charge is 0.330 e. The SMILES string of the molecule is Cn1cc(S(=O)(=O)NCCCCCN)c(=O)n(C)c1=O. The molecule has 1 heterocycles. The Morgan fingerprint density at radius 2 is 1.85 bits per heavy atom. The zero-order valence-corrected chi connectivity index (χ0v) is 12.4. The van der Waals surface area contributed by atoms with Gasteiger partial charge in [-0.25, -0.2) is 17.9 Å². The van der Waals surface area contributed by atoms with E-state index in [9.17, 15) is 18.0 Å². The van der Waals surface area contributed by atoms with Crippen molar-refractivity contribution in [2.75, 3.05) is 13.1 Å². The highest BCUT2D eigenvalue weighted by Gasteiger charge is 2.20. The van der Waals surface area contributed by atoms with Crippen molar-refractivity contribution in [3.05, 3.63) is 27.0 Å². The van der Waals surface area contributed by atoms with Crippen molar-refractivity contribution in [3.63, 3.8) is 0 Å². The summed E-state index contributed by atoms with van der Waals surface area (Å²) in [5, 5.41) is 0. The summed E-state index contributed by atoms with van der Waals surface area (Å²) in [6.45, 7) is 0.794. The van der Waals surface area contributed by atoms with Gasteiger partial charge in [0.15, 0.2) is 4.90 Å². The van der Waals surface area contributed by atoms with Gasteiger partial charge >= 0.3 is 5.69 Å². The van der Waals surface area contributed by atoms with Crippen molar-refractivity contribution in [2.24, 2.45) is 19.8 Å². The maximum Gasteiger partial charge on any atom is 0.330 e. The highest BCUT2D eigenvalue weighted by Crippen LogP contribution is 2.01. The first kappa shape index (κ1) is 16.6. The van der Waals surface area contributed by atoms with Crippen LogP contribution in [0.15, 0.2) is 20.7 Å². The molecule has 0 aliphatic carbocycles. The molecule has 0 fully saturated rings. The molecule has 0 saturated carbocycles. The van der Waals surface area contributed by atoms with Gasteiger partial charge in [-0.2, -0.15) is 0 Å². The average molecular weight is 304 g/mol. The van der Waals surface area contributed by atoms with E-state index in [0.717, 1.165) is 28.2 Å². The first-order valence-corrected chi connectivity index (χ1v) is 7.76. The Bertz CT molecular complexity index is 675. The van der Waals surface area contributed by atoms with Crippen LogP contribution >= 0.6 is 0 Å². The summed E-state index contributed by atoms with van der Waals surface area (Å²) >= 11 is 0. The van der Waals surface area contributed by atoms with Gasteiger partial charge in [-0.15, -0.1) is 0 Å². The van der Waals surface area contributed by atoms with Crippen LogP contribution in [0.3, 0.4) is 0 Å². The molecule has 8 nitrogen and oxygen atoms in total. The third kappa shape index (κ3) is 3.78. The molecule has 0 aliphatic heterocycles. The quantitative estimate of drug-likeness (QED) is 0.594. The molecule has 0 aromatic carbocycles. The number of unbranched alkanes of at least 4 members (excludes halogenated alkanes) is 2. The summed E-state index contributed by atoms with van der Waals surface area (Å²) in [4.78, 5) is 22.9. The molecule has 0 bridgehead atoms. The Balaban J connectivity index is 2.94. The van der Waals surface area contributed by atoms with Crippen LogP contribution in [-0.4, -0.2) is 30.6 Å². The van der Waals surface area contributed by atoms with Crippen LogP contribution in [0.1, 0.15) is 19.3 Å². The van der Waals surface area contributed by atoms with Crippen molar-refractivity contribution in [3.8, 4) is 0 Å². The van der Waals surface area contributed by atoms with Gasteiger partial charge in [0.25, 0.3) is 5.56 Å². The van der Waals surface area contributed by atoms with E-state index >= 15 is 0 Å². The standard InChI is InChI=1S/C11H20N4O4S/c1-14-8-9(10(16)15(2)11(14)17)20(18,19)13-7-5-3-4-6-12/h8,13H,3-7,12H2,1-2H3. The summed E-state index contributed by atoms with van der Waals surface area (Å²) in [6.07, 6.45) is 3.31. The van der Waals surface area contributed by atoms with Crippen LogP contribution in [0.25, 0.3) is 0 Å². The number of sulfonamides is 1. The van der Waals surface area contributed by atoms with Crippen LogP contribution in [0, 0.1) is 0 Å². The maximum absolute atomic E-state index is 12.0. The monoisotopic (exact) mass is 304 g/mol. The highest BCUT2D eigenvalue weighted by molar-refractivity contribution is 7.89. The van der Waals surface area contributed by atoms with Gasteiger partial charge in [0.05, 0.1) is 0 Å². The second-order valence-corrected chi connectivity index (χ2v) is 6.23. The number of aromatic nitrogens is 2. The van der Waals surface area contributed by atoms with Crippen LogP contribution in [0.2, 0.25) is 0 Å². The summed E-state index contributed by atoms with van der Waals surface area (Å²) < 4.78 is 28.3. The molecule has 0 spiro atoms. The van der Waals surface area contributed by atoms with Crippen molar-refractivity contribution in [1.29, 1.82) is 0 Å². The van der Waals surface area contributed by atoms with Gasteiger partial charge in [0.2, 0.25) is 10.0 Å². The molecular formula is C11H20N4O4S. The fourth-order valence-electron chi connectivity index (χ4n) is 1.69. The number of hydrogen-bond acceptors (Lipinski definition) is 5. The third-order valence-corrected chi connectivity index (χ3v) is 4.32. The molecule has 0 radical (unpaired) electrons. The number of nitrogens with two attached hydrogens (primary N) is 1. The Kier molecular flexibility index (Phi) is 5.66. The van der Waals surface area contributed by atoms with Gasteiger partial charge in [0, 0.05) is 26.8 Å². The third-order valence-electron chi connectivity index (χ3n) is 2.88. The number of rotatable bonds is 7. The molecular weight excluding hydrogens is 284 g/mol. The summed E-state index contributed by atoms with van der Waals surface area (Å²) in [6, 6.07) is 0. The van der Waals surface area contributed by atoms with E-state index in [1.165, 1.54) is 14.1 Å². The first-order valence-electron chi connectivity index (χ1n) is 6.27. The topological polar surface area (TPSA) is 116 Å². The molecule has 0 atom stereocenters. The minimum absolute atomic E-state index is 0.230. The molecule has 1 rings (SSSR count). The molecule has 0 saturated heterocycles. The van der Waals surface area contributed by atoms with Gasteiger partial charge in [-0.3, -0.25) is 9.36 Å². The van der Waals surface area contributed by atoms with Crippen LogP contribution in [-0.2, 0) is 24.1 Å². The van der Waals surface area contributed by atoms with Crippen molar-refractivity contribution >= 4 is 10.0 Å². The van der Waals surface area contributed by atoms with Gasteiger partial charge in [-0.1, -0.05) is 6.42 Å². The highest BCUT2D eigenvalue weighted by atomic mass is 32.2. The van der Waals surface area contributed by atoms with E-state index < -0.39 is 26.2 Å². The predicted octanol–water partition coefficient (Wildman–Crippen LogP) is -1.51. The molecule has 114 valence electrons. The van der Waals surface area contributed by atoms with E-state index in [1.807, 2.05) is 0 Å². The normalized spacial score (nSPS) is 11.8. The lowest BCUT2D eigenvalue weighted by Gasteiger charge is -2.09. The molecule has 0 aliphatic rings. The van der Waals surface area contributed by atoms with Gasteiger partial charge < -0.3 is 10.3 Å². The van der Waals surface area contributed by atoms with Crippen molar-refractivity contribution in [2.45, 2.75) is 24.2 Å². The lowest BCUT2D eigenvalue weighted by molar-refractivity contribution is 0.565. The average Bonchev–Trinajstić information content (AvgIpc) is 2.40. The van der Waals surface area contributed by atoms with Crippen LogP contribution < -0.4 is 21.7 Å². The van der Waals surface area contributed by atoms with E-state index in [4.69, 9.17) is 5.73 Å². The fourth-order valence-corrected chi connectivity index (χ4v) is 2.92. The van der Waals surface area contributed by atoms with Crippen LogP contribution in [0.4, 0.5) is 0 Å². The number of aryl methyl sites for hydroxylation is 1. The molecule has 9 heteroatoms. The molecule has 1 aromatic heterocycles. The minimum Gasteiger partial charge on any atom is -0.330 e. The molecule has 0 unspecified atom stereocenters. The lowest BCUT2D eigenvalue weighted by Crippen LogP contribution is -2.41. The summed E-state index contributed by atoms with van der Waals surface area (Å²) in [7, 11) is -1.28. The largest absolute Gasteiger partial charge is 0.330 e.